The number of alkyl halides is 3. The lowest BCUT2D eigenvalue weighted by molar-refractivity contribution is -0.144. The summed E-state index contributed by atoms with van der Waals surface area (Å²) in [5.74, 6) is 0.365. The molecule has 28 heavy (non-hydrogen) atoms. The van der Waals surface area contributed by atoms with Crippen molar-refractivity contribution < 1.29 is 13.2 Å². The van der Waals surface area contributed by atoms with Gasteiger partial charge in [-0.1, -0.05) is 0 Å². The Balaban J connectivity index is 1.88. The first-order valence-electron chi connectivity index (χ1n) is 9.11. The van der Waals surface area contributed by atoms with Gasteiger partial charge in [0, 0.05) is 19.6 Å². The summed E-state index contributed by atoms with van der Waals surface area (Å²) in [5.41, 5.74) is 0.707. The van der Waals surface area contributed by atoms with Crippen LogP contribution in [0.15, 0.2) is 23.1 Å². The highest BCUT2D eigenvalue weighted by Gasteiger charge is 2.35. The molecule has 0 atom stereocenters. The molecular formula is C19H20F3N5O. The minimum Gasteiger partial charge on any atom is -0.381 e. The molecule has 0 spiro atoms. The van der Waals surface area contributed by atoms with Crippen molar-refractivity contribution in [2.75, 3.05) is 5.32 Å². The van der Waals surface area contributed by atoms with Crippen molar-refractivity contribution in [1.82, 2.24) is 19.1 Å². The summed E-state index contributed by atoms with van der Waals surface area (Å²) < 4.78 is 42.4. The molecule has 0 aliphatic heterocycles. The first-order valence-corrected chi connectivity index (χ1v) is 9.11. The van der Waals surface area contributed by atoms with Crippen LogP contribution in [0.2, 0.25) is 0 Å². The molecule has 1 saturated carbocycles. The average molecular weight is 391 g/mol. The fourth-order valence-corrected chi connectivity index (χ4v) is 3.43. The Kier molecular flexibility index (Phi) is 4.20. The summed E-state index contributed by atoms with van der Waals surface area (Å²) in [6.07, 6.45) is -0.676. The van der Waals surface area contributed by atoms with Gasteiger partial charge in [0.15, 0.2) is 5.82 Å². The van der Waals surface area contributed by atoms with Gasteiger partial charge in [0.05, 0.1) is 17.4 Å². The SMILES string of the molecule is CCn1c(C(F)(F)F)cc2nc(-c3ncc(NC4CC4)cc3C)n(C)c2c1=O. The van der Waals surface area contributed by atoms with Gasteiger partial charge in [0.1, 0.15) is 16.9 Å². The molecule has 3 heterocycles. The van der Waals surface area contributed by atoms with E-state index in [4.69, 9.17) is 0 Å². The summed E-state index contributed by atoms with van der Waals surface area (Å²) in [6.45, 7) is 3.30. The minimum atomic E-state index is -4.63. The Morgan fingerprint density at radius 2 is 2.00 bits per heavy atom. The fraction of sp³-hybridized carbons (Fsp3) is 0.421. The normalized spacial score (nSPS) is 14.6. The van der Waals surface area contributed by atoms with Crippen molar-refractivity contribution in [3.8, 4) is 11.5 Å². The Morgan fingerprint density at radius 3 is 2.57 bits per heavy atom. The van der Waals surface area contributed by atoms with E-state index in [0.717, 1.165) is 34.7 Å². The molecule has 0 radical (unpaired) electrons. The van der Waals surface area contributed by atoms with E-state index in [9.17, 15) is 18.0 Å². The predicted molar refractivity (Wildman–Crippen MR) is 100 cm³/mol. The lowest BCUT2D eigenvalue weighted by Crippen LogP contribution is -2.28. The van der Waals surface area contributed by atoms with Crippen molar-refractivity contribution in [2.45, 2.75) is 45.5 Å². The lowest BCUT2D eigenvalue weighted by atomic mass is 10.2. The second-order valence-electron chi connectivity index (χ2n) is 7.11. The molecule has 4 rings (SSSR count). The molecule has 1 fully saturated rings. The van der Waals surface area contributed by atoms with E-state index in [1.54, 1.807) is 13.2 Å². The van der Waals surface area contributed by atoms with E-state index in [-0.39, 0.29) is 17.6 Å². The number of hydrogen-bond donors (Lipinski definition) is 1. The molecular weight excluding hydrogens is 371 g/mol. The lowest BCUT2D eigenvalue weighted by Gasteiger charge is -2.14. The Hall–Kier alpha value is -2.84. The van der Waals surface area contributed by atoms with Gasteiger partial charge < -0.3 is 14.5 Å². The third-order valence-corrected chi connectivity index (χ3v) is 4.98. The molecule has 0 unspecified atom stereocenters. The molecule has 148 valence electrons. The number of imidazole rings is 1. The molecule has 1 aliphatic carbocycles. The zero-order valence-corrected chi connectivity index (χ0v) is 15.8. The van der Waals surface area contributed by atoms with E-state index in [1.165, 1.54) is 11.5 Å². The number of aromatic nitrogens is 4. The molecule has 1 N–H and O–H groups in total. The van der Waals surface area contributed by atoms with Crippen LogP contribution in [-0.4, -0.2) is 25.1 Å². The number of pyridine rings is 2. The zero-order valence-electron chi connectivity index (χ0n) is 15.8. The summed E-state index contributed by atoms with van der Waals surface area (Å²) in [5, 5.41) is 3.36. The van der Waals surface area contributed by atoms with Crippen LogP contribution in [0.25, 0.3) is 22.6 Å². The second kappa shape index (κ2) is 6.35. The summed E-state index contributed by atoms with van der Waals surface area (Å²) in [4.78, 5) is 21.5. The third-order valence-electron chi connectivity index (χ3n) is 4.98. The van der Waals surface area contributed by atoms with Crippen LogP contribution in [0.5, 0.6) is 0 Å². The highest BCUT2D eigenvalue weighted by Crippen LogP contribution is 2.32. The minimum absolute atomic E-state index is 0.0147. The molecule has 0 amide bonds. The van der Waals surface area contributed by atoms with E-state index in [1.807, 2.05) is 13.0 Å². The first-order chi connectivity index (χ1) is 13.2. The van der Waals surface area contributed by atoms with Crippen LogP contribution in [0.4, 0.5) is 18.9 Å². The van der Waals surface area contributed by atoms with Crippen LogP contribution in [-0.2, 0) is 19.8 Å². The second-order valence-corrected chi connectivity index (χ2v) is 7.11. The van der Waals surface area contributed by atoms with Crippen molar-refractivity contribution in [3.63, 3.8) is 0 Å². The van der Waals surface area contributed by atoms with Crippen molar-refractivity contribution in [1.29, 1.82) is 0 Å². The monoisotopic (exact) mass is 391 g/mol. The summed E-state index contributed by atoms with van der Waals surface area (Å²) in [7, 11) is 1.62. The number of nitrogens with one attached hydrogen (secondary N) is 1. The fourth-order valence-electron chi connectivity index (χ4n) is 3.43. The van der Waals surface area contributed by atoms with Crippen molar-refractivity contribution in [2.24, 2.45) is 7.05 Å². The molecule has 0 bridgehead atoms. The maximum Gasteiger partial charge on any atom is 0.431 e. The Bertz CT molecular complexity index is 1130. The van der Waals surface area contributed by atoms with E-state index < -0.39 is 17.4 Å². The average Bonchev–Trinajstić information content (AvgIpc) is 3.36. The van der Waals surface area contributed by atoms with Crippen LogP contribution in [0.1, 0.15) is 31.0 Å². The van der Waals surface area contributed by atoms with Crippen LogP contribution < -0.4 is 10.9 Å². The third kappa shape index (κ3) is 3.04. The van der Waals surface area contributed by atoms with Gasteiger partial charge >= 0.3 is 6.18 Å². The van der Waals surface area contributed by atoms with E-state index in [2.05, 4.69) is 15.3 Å². The molecule has 6 nitrogen and oxygen atoms in total. The number of aryl methyl sites for hydroxylation is 2. The van der Waals surface area contributed by atoms with Crippen molar-refractivity contribution >= 4 is 16.7 Å². The quantitative estimate of drug-likeness (QED) is 0.736. The maximum atomic E-state index is 13.4. The largest absolute Gasteiger partial charge is 0.431 e. The number of anilines is 1. The van der Waals surface area contributed by atoms with Crippen LogP contribution >= 0.6 is 0 Å². The summed E-state index contributed by atoms with van der Waals surface area (Å²) >= 11 is 0. The smallest absolute Gasteiger partial charge is 0.381 e. The Labute approximate surface area is 159 Å². The topological polar surface area (TPSA) is 64.7 Å². The Morgan fingerprint density at radius 1 is 1.29 bits per heavy atom. The molecule has 0 saturated heterocycles. The predicted octanol–water partition coefficient (Wildman–Crippen LogP) is 3.72. The van der Waals surface area contributed by atoms with Gasteiger partial charge in [-0.05, 0) is 44.4 Å². The van der Waals surface area contributed by atoms with Gasteiger partial charge in [-0.2, -0.15) is 13.2 Å². The first kappa shape index (κ1) is 18.5. The molecule has 3 aromatic rings. The number of nitrogens with zero attached hydrogens (tertiary/aromatic N) is 4. The van der Waals surface area contributed by atoms with Gasteiger partial charge in [-0.15, -0.1) is 0 Å². The van der Waals surface area contributed by atoms with Crippen LogP contribution in [0.3, 0.4) is 0 Å². The number of hydrogen-bond acceptors (Lipinski definition) is 4. The molecule has 9 heteroatoms. The van der Waals surface area contributed by atoms with E-state index >= 15 is 0 Å². The number of fused-ring (bicyclic) bond motifs is 1. The van der Waals surface area contributed by atoms with Gasteiger partial charge in [-0.3, -0.25) is 9.78 Å². The van der Waals surface area contributed by atoms with Crippen molar-refractivity contribution in [3.05, 3.63) is 39.9 Å². The number of halogens is 3. The van der Waals surface area contributed by atoms with Gasteiger partial charge in [0.25, 0.3) is 5.56 Å². The standard InChI is InChI=1S/C19H20F3N5O/c1-4-27-14(19(20,21)22)8-13-16(18(27)28)26(3)17(25-13)15-10(2)7-12(9-23-15)24-11-5-6-11/h7-9,11,24H,4-6H2,1-3H3. The molecule has 0 aromatic carbocycles. The zero-order chi connectivity index (χ0) is 20.2. The van der Waals surface area contributed by atoms with E-state index in [0.29, 0.717) is 17.6 Å². The molecule has 1 aliphatic rings. The van der Waals surface area contributed by atoms with Gasteiger partial charge in [0.2, 0.25) is 0 Å². The van der Waals surface area contributed by atoms with Crippen LogP contribution in [0, 0.1) is 6.92 Å². The maximum absolute atomic E-state index is 13.4. The highest BCUT2D eigenvalue weighted by molar-refractivity contribution is 5.80. The van der Waals surface area contributed by atoms with Gasteiger partial charge in [-0.25, -0.2) is 4.98 Å². The molecule has 3 aromatic heterocycles. The highest BCUT2D eigenvalue weighted by atomic mass is 19.4. The number of rotatable bonds is 4. The summed E-state index contributed by atoms with van der Waals surface area (Å²) in [6, 6.07) is 3.35.